The van der Waals surface area contributed by atoms with Crippen LogP contribution in [0.3, 0.4) is 0 Å². The summed E-state index contributed by atoms with van der Waals surface area (Å²) in [6, 6.07) is 8.04. The lowest BCUT2D eigenvalue weighted by Gasteiger charge is -2.33. The Bertz CT molecular complexity index is 1180. The molecular weight excluding hydrogens is 380 g/mol. The number of ether oxygens (including phenoxy) is 1. The molecule has 0 saturated heterocycles. The van der Waals surface area contributed by atoms with Crippen LogP contribution < -0.4 is 4.74 Å². The van der Waals surface area contributed by atoms with Gasteiger partial charge in [0.05, 0.1) is 5.39 Å². The second-order valence-corrected chi connectivity index (χ2v) is 10.2. The van der Waals surface area contributed by atoms with Gasteiger partial charge in [0.2, 0.25) is 0 Å². The Balaban J connectivity index is 1.47. The third-order valence-electron chi connectivity index (χ3n) is 6.04. The minimum absolute atomic E-state index is 0.339. The monoisotopic (exact) mass is 406 g/mol. The maximum atomic E-state index is 5.88. The molecule has 1 aliphatic carbocycles. The van der Waals surface area contributed by atoms with Crippen LogP contribution >= 0.6 is 11.3 Å². The molecule has 3 aromatic heterocycles. The van der Waals surface area contributed by atoms with Crippen LogP contribution in [0, 0.1) is 18.3 Å². The summed E-state index contributed by atoms with van der Waals surface area (Å²) >= 11 is 1.83. The number of fused-ring (bicyclic) bond motifs is 5. The zero-order valence-electron chi connectivity index (χ0n) is 17.4. The van der Waals surface area contributed by atoms with Crippen LogP contribution in [0.1, 0.15) is 49.0 Å². The molecular formula is C23H26N4OS. The predicted molar refractivity (Wildman–Crippen MR) is 117 cm³/mol. The molecule has 0 saturated carbocycles. The van der Waals surface area contributed by atoms with Crippen LogP contribution in [0.15, 0.2) is 30.6 Å². The Kier molecular flexibility index (Phi) is 4.35. The first kappa shape index (κ1) is 18.6. The van der Waals surface area contributed by atoms with Gasteiger partial charge < -0.3 is 4.74 Å². The highest BCUT2D eigenvalue weighted by molar-refractivity contribution is 7.19. The van der Waals surface area contributed by atoms with Gasteiger partial charge in [0.15, 0.2) is 11.5 Å². The summed E-state index contributed by atoms with van der Waals surface area (Å²) < 4.78 is 7.68. The van der Waals surface area contributed by atoms with Gasteiger partial charge in [-0.25, -0.2) is 14.5 Å². The van der Waals surface area contributed by atoms with Gasteiger partial charge in [-0.3, -0.25) is 0 Å². The molecule has 0 spiro atoms. The van der Waals surface area contributed by atoms with Crippen LogP contribution in [-0.4, -0.2) is 19.6 Å². The SMILES string of the molecule is Cc1ccc(OCc2nc3c4c5c(sc4ncn3n2)C[C@H](C(C)(C)C)CC5)cc1. The molecule has 0 amide bonds. The summed E-state index contributed by atoms with van der Waals surface area (Å²) in [5.74, 6) is 2.23. The van der Waals surface area contributed by atoms with Crippen molar-refractivity contribution in [3.05, 3.63) is 52.4 Å². The fraction of sp³-hybridized carbons (Fsp3) is 0.435. The third-order valence-corrected chi connectivity index (χ3v) is 7.21. The first-order valence-corrected chi connectivity index (χ1v) is 11.0. The number of nitrogens with zero attached hydrogens (tertiary/aromatic N) is 4. The largest absolute Gasteiger partial charge is 0.486 e. The summed E-state index contributed by atoms with van der Waals surface area (Å²) in [6.45, 7) is 9.48. The Morgan fingerprint density at radius 3 is 2.76 bits per heavy atom. The van der Waals surface area contributed by atoms with Gasteiger partial charge in [-0.1, -0.05) is 38.5 Å². The van der Waals surface area contributed by atoms with Crippen molar-refractivity contribution in [2.24, 2.45) is 11.3 Å². The van der Waals surface area contributed by atoms with Crippen LogP contribution in [0.2, 0.25) is 0 Å². The van der Waals surface area contributed by atoms with Crippen molar-refractivity contribution in [1.82, 2.24) is 19.6 Å². The maximum Gasteiger partial charge on any atom is 0.189 e. The second kappa shape index (κ2) is 6.80. The Morgan fingerprint density at radius 2 is 2.00 bits per heavy atom. The highest BCUT2D eigenvalue weighted by Crippen LogP contribution is 2.43. The molecule has 0 N–H and O–H groups in total. The number of thiophene rings is 1. The molecule has 0 aliphatic heterocycles. The molecule has 3 heterocycles. The Morgan fingerprint density at radius 1 is 1.21 bits per heavy atom. The smallest absolute Gasteiger partial charge is 0.189 e. The van der Waals surface area contributed by atoms with E-state index in [1.54, 1.807) is 10.8 Å². The molecule has 4 aromatic rings. The summed E-state index contributed by atoms with van der Waals surface area (Å²) in [6.07, 6.45) is 5.24. The van der Waals surface area contributed by atoms with Crippen molar-refractivity contribution in [1.29, 1.82) is 0 Å². The molecule has 0 radical (unpaired) electrons. The van der Waals surface area contributed by atoms with Gasteiger partial charge in [-0.05, 0) is 55.2 Å². The summed E-state index contributed by atoms with van der Waals surface area (Å²) in [4.78, 5) is 12.1. The van der Waals surface area contributed by atoms with Crippen molar-refractivity contribution in [2.45, 2.75) is 53.6 Å². The predicted octanol–water partition coefficient (Wildman–Crippen LogP) is 5.38. The maximum absolute atomic E-state index is 5.88. The number of hydrogen-bond donors (Lipinski definition) is 0. The van der Waals surface area contributed by atoms with Gasteiger partial charge in [0.25, 0.3) is 0 Å². The normalized spacial score (nSPS) is 17.0. The summed E-state index contributed by atoms with van der Waals surface area (Å²) in [5, 5.41) is 5.79. The molecule has 5 rings (SSSR count). The molecule has 0 bridgehead atoms. The molecule has 1 atom stereocenters. The minimum atomic E-state index is 0.339. The third kappa shape index (κ3) is 3.39. The number of aryl methyl sites for hydroxylation is 2. The van der Waals surface area contributed by atoms with E-state index in [1.165, 1.54) is 27.8 Å². The lowest BCUT2D eigenvalue weighted by molar-refractivity contribution is 0.218. The van der Waals surface area contributed by atoms with Gasteiger partial charge in [0.1, 0.15) is 23.5 Å². The van der Waals surface area contributed by atoms with Crippen LogP contribution in [0.25, 0.3) is 15.9 Å². The first-order chi connectivity index (χ1) is 13.9. The van der Waals surface area contributed by atoms with E-state index < -0.39 is 0 Å². The van der Waals surface area contributed by atoms with Crippen molar-refractivity contribution >= 4 is 27.2 Å². The molecule has 5 nitrogen and oxygen atoms in total. The van der Waals surface area contributed by atoms with Gasteiger partial charge in [0, 0.05) is 4.88 Å². The highest BCUT2D eigenvalue weighted by atomic mass is 32.1. The van der Waals surface area contributed by atoms with Crippen LogP contribution in [-0.2, 0) is 19.4 Å². The van der Waals surface area contributed by atoms with E-state index in [9.17, 15) is 0 Å². The zero-order valence-corrected chi connectivity index (χ0v) is 18.2. The van der Waals surface area contributed by atoms with Crippen molar-refractivity contribution < 1.29 is 4.74 Å². The van der Waals surface area contributed by atoms with Gasteiger partial charge >= 0.3 is 0 Å². The zero-order chi connectivity index (χ0) is 20.2. The number of benzene rings is 1. The van der Waals surface area contributed by atoms with Gasteiger partial charge in [-0.2, -0.15) is 0 Å². The van der Waals surface area contributed by atoms with Crippen molar-refractivity contribution in [2.75, 3.05) is 0 Å². The fourth-order valence-electron chi connectivity index (χ4n) is 4.20. The molecule has 0 fully saturated rings. The second-order valence-electron chi connectivity index (χ2n) is 9.13. The molecule has 0 unspecified atom stereocenters. The van der Waals surface area contributed by atoms with E-state index in [2.05, 4.69) is 37.8 Å². The van der Waals surface area contributed by atoms with Crippen molar-refractivity contribution in [3.8, 4) is 5.75 Å². The van der Waals surface area contributed by atoms with Gasteiger partial charge in [-0.15, -0.1) is 16.4 Å². The Labute approximate surface area is 174 Å². The van der Waals surface area contributed by atoms with E-state index in [4.69, 9.17) is 9.72 Å². The van der Waals surface area contributed by atoms with E-state index >= 15 is 0 Å². The Hall–Kier alpha value is -2.47. The highest BCUT2D eigenvalue weighted by Gasteiger charge is 2.31. The first-order valence-electron chi connectivity index (χ1n) is 10.2. The van der Waals surface area contributed by atoms with Crippen LogP contribution in [0.4, 0.5) is 0 Å². The molecule has 1 aromatic carbocycles. The molecule has 150 valence electrons. The van der Waals surface area contributed by atoms with E-state index in [1.807, 2.05) is 35.6 Å². The topological polar surface area (TPSA) is 52.3 Å². The number of hydrogen-bond acceptors (Lipinski definition) is 5. The average molecular weight is 407 g/mol. The standard InChI is InChI=1S/C23H26N4OS/c1-14-5-8-16(9-6-14)28-12-19-25-21-20-17-10-7-15(23(2,3)4)11-18(17)29-22(20)24-13-27(21)26-19/h5-6,8-9,13,15H,7,10-12H2,1-4H3/t15-/m1/s1. The fourth-order valence-corrected chi connectivity index (χ4v) is 5.46. The van der Waals surface area contributed by atoms with E-state index in [0.29, 0.717) is 17.8 Å². The molecule has 1 aliphatic rings. The minimum Gasteiger partial charge on any atom is -0.486 e. The van der Waals surface area contributed by atoms with Crippen LogP contribution in [0.5, 0.6) is 5.75 Å². The molecule has 6 heteroatoms. The van der Waals surface area contributed by atoms with E-state index in [-0.39, 0.29) is 0 Å². The quantitative estimate of drug-likeness (QED) is 0.458. The summed E-state index contributed by atoms with van der Waals surface area (Å²) in [7, 11) is 0. The van der Waals surface area contributed by atoms with Crippen molar-refractivity contribution in [3.63, 3.8) is 0 Å². The molecule has 29 heavy (non-hydrogen) atoms. The number of rotatable bonds is 3. The van der Waals surface area contributed by atoms with E-state index in [0.717, 1.165) is 35.0 Å². The number of aromatic nitrogens is 4. The lowest BCUT2D eigenvalue weighted by Crippen LogP contribution is -2.26. The summed E-state index contributed by atoms with van der Waals surface area (Å²) in [5.41, 5.74) is 3.89. The lowest BCUT2D eigenvalue weighted by atomic mass is 9.72. The average Bonchev–Trinajstić information content (AvgIpc) is 3.26.